The van der Waals surface area contributed by atoms with Gasteiger partial charge >= 0.3 is 6.03 Å². The van der Waals surface area contributed by atoms with Crippen LogP contribution in [0.2, 0.25) is 0 Å². The number of benzene rings is 1. The number of nitrogens with one attached hydrogen (secondary N) is 3. The Kier molecular flexibility index (Phi) is 5.62. The highest BCUT2D eigenvalue weighted by atomic mass is 16.5. The Morgan fingerprint density at radius 3 is 2.78 bits per heavy atom. The van der Waals surface area contributed by atoms with Crippen molar-refractivity contribution in [3.05, 3.63) is 47.9 Å². The Morgan fingerprint density at radius 2 is 2.09 bits per heavy atom. The van der Waals surface area contributed by atoms with E-state index in [4.69, 9.17) is 9.15 Å². The SMILES string of the molecule is COc1ccc(C)cc1NCC(=O)NC(=O)NCc1ccco1. The largest absolute Gasteiger partial charge is 0.495 e. The van der Waals surface area contributed by atoms with Gasteiger partial charge in [0.1, 0.15) is 11.5 Å². The predicted molar refractivity (Wildman–Crippen MR) is 85.3 cm³/mol. The number of anilines is 1. The van der Waals surface area contributed by atoms with E-state index in [-0.39, 0.29) is 13.1 Å². The summed E-state index contributed by atoms with van der Waals surface area (Å²) in [4.78, 5) is 23.4. The molecule has 23 heavy (non-hydrogen) atoms. The van der Waals surface area contributed by atoms with Crippen molar-refractivity contribution in [2.45, 2.75) is 13.5 Å². The van der Waals surface area contributed by atoms with E-state index in [0.29, 0.717) is 17.2 Å². The molecule has 7 heteroatoms. The van der Waals surface area contributed by atoms with Crippen molar-refractivity contribution in [1.29, 1.82) is 0 Å². The van der Waals surface area contributed by atoms with Gasteiger partial charge in [0.2, 0.25) is 5.91 Å². The molecule has 2 aromatic rings. The maximum absolute atomic E-state index is 11.8. The van der Waals surface area contributed by atoms with Gasteiger partial charge in [-0.15, -0.1) is 0 Å². The average molecular weight is 317 g/mol. The summed E-state index contributed by atoms with van der Waals surface area (Å²) in [5.74, 6) is 0.784. The molecule has 1 aromatic carbocycles. The highest BCUT2D eigenvalue weighted by molar-refractivity contribution is 5.96. The van der Waals surface area contributed by atoms with E-state index in [9.17, 15) is 9.59 Å². The fourth-order valence-electron chi connectivity index (χ4n) is 1.93. The van der Waals surface area contributed by atoms with Crippen LogP contribution in [0.25, 0.3) is 0 Å². The number of hydrogen-bond donors (Lipinski definition) is 3. The zero-order valence-corrected chi connectivity index (χ0v) is 13.0. The molecule has 0 radical (unpaired) electrons. The van der Waals surface area contributed by atoms with Crippen LogP contribution in [0.15, 0.2) is 41.0 Å². The van der Waals surface area contributed by atoms with Gasteiger partial charge in [0.25, 0.3) is 0 Å². The molecule has 7 nitrogen and oxygen atoms in total. The van der Waals surface area contributed by atoms with Crippen LogP contribution >= 0.6 is 0 Å². The van der Waals surface area contributed by atoms with Crippen LogP contribution in [-0.2, 0) is 11.3 Å². The van der Waals surface area contributed by atoms with E-state index in [1.807, 2.05) is 25.1 Å². The fourth-order valence-corrected chi connectivity index (χ4v) is 1.93. The summed E-state index contributed by atoms with van der Waals surface area (Å²) in [6.07, 6.45) is 1.51. The first-order chi connectivity index (χ1) is 11.1. The highest BCUT2D eigenvalue weighted by Gasteiger charge is 2.09. The second kappa shape index (κ2) is 7.88. The highest BCUT2D eigenvalue weighted by Crippen LogP contribution is 2.24. The third kappa shape index (κ3) is 5.06. The molecule has 0 bridgehead atoms. The molecule has 3 amide bonds. The first kappa shape index (κ1) is 16.4. The summed E-state index contributed by atoms with van der Waals surface area (Å²) in [6.45, 7) is 2.10. The molecule has 0 saturated carbocycles. The van der Waals surface area contributed by atoms with E-state index >= 15 is 0 Å². The van der Waals surface area contributed by atoms with Crippen LogP contribution in [0.1, 0.15) is 11.3 Å². The molecule has 122 valence electrons. The van der Waals surface area contributed by atoms with Gasteiger partial charge in [-0.3, -0.25) is 10.1 Å². The topological polar surface area (TPSA) is 92.6 Å². The molecule has 0 spiro atoms. The van der Waals surface area contributed by atoms with Gasteiger partial charge in [-0.25, -0.2) is 4.79 Å². The summed E-state index contributed by atoms with van der Waals surface area (Å²) in [7, 11) is 1.55. The fraction of sp³-hybridized carbons (Fsp3) is 0.250. The lowest BCUT2D eigenvalue weighted by atomic mass is 10.2. The van der Waals surface area contributed by atoms with Gasteiger partial charge in [0.05, 0.1) is 32.1 Å². The summed E-state index contributed by atoms with van der Waals surface area (Å²) in [5.41, 5.74) is 1.73. The number of urea groups is 1. The number of imide groups is 1. The first-order valence-corrected chi connectivity index (χ1v) is 7.07. The van der Waals surface area contributed by atoms with Crippen LogP contribution in [0.4, 0.5) is 10.5 Å². The molecular formula is C16H19N3O4. The van der Waals surface area contributed by atoms with Crippen molar-refractivity contribution in [1.82, 2.24) is 10.6 Å². The summed E-state index contributed by atoms with van der Waals surface area (Å²) in [6, 6.07) is 8.46. The number of amides is 3. The zero-order valence-electron chi connectivity index (χ0n) is 13.0. The molecule has 1 aromatic heterocycles. The second-order valence-corrected chi connectivity index (χ2v) is 4.87. The van der Waals surface area contributed by atoms with Crippen LogP contribution < -0.4 is 20.7 Å². The van der Waals surface area contributed by atoms with E-state index < -0.39 is 11.9 Å². The number of methoxy groups -OCH3 is 1. The molecule has 3 N–H and O–H groups in total. The molecular weight excluding hydrogens is 298 g/mol. The van der Waals surface area contributed by atoms with Crippen molar-refractivity contribution >= 4 is 17.6 Å². The lowest BCUT2D eigenvalue weighted by Crippen LogP contribution is -2.41. The van der Waals surface area contributed by atoms with E-state index in [1.54, 1.807) is 19.2 Å². The van der Waals surface area contributed by atoms with E-state index in [0.717, 1.165) is 5.56 Å². The monoisotopic (exact) mass is 317 g/mol. The van der Waals surface area contributed by atoms with Crippen molar-refractivity contribution in [2.24, 2.45) is 0 Å². The third-order valence-corrected chi connectivity index (χ3v) is 3.05. The van der Waals surface area contributed by atoms with Gasteiger partial charge in [-0.05, 0) is 36.8 Å². The Balaban J connectivity index is 1.78. The van der Waals surface area contributed by atoms with E-state index in [1.165, 1.54) is 6.26 Å². The van der Waals surface area contributed by atoms with Gasteiger partial charge in [0, 0.05) is 0 Å². The Hall–Kier alpha value is -2.96. The summed E-state index contributed by atoms with van der Waals surface area (Å²) < 4.78 is 10.3. The van der Waals surface area contributed by atoms with Gasteiger partial charge in [-0.1, -0.05) is 6.07 Å². The maximum Gasteiger partial charge on any atom is 0.321 e. The van der Waals surface area contributed by atoms with Gasteiger partial charge in [0.15, 0.2) is 0 Å². The van der Waals surface area contributed by atoms with Crippen molar-refractivity contribution in [3.8, 4) is 5.75 Å². The van der Waals surface area contributed by atoms with Crippen LogP contribution in [-0.4, -0.2) is 25.6 Å². The predicted octanol–water partition coefficient (Wildman–Crippen LogP) is 2.03. The Morgan fingerprint density at radius 1 is 1.26 bits per heavy atom. The number of furan rings is 1. The minimum atomic E-state index is -0.579. The molecule has 2 rings (SSSR count). The lowest BCUT2D eigenvalue weighted by Gasteiger charge is -2.12. The van der Waals surface area contributed by atoms with Crippen LogP contribution in [0, 0.1) is 6.92 Å². The molecule has 0 aliphatic carbocycles. The maximum atomic E-state index is 11.8. The molecule has 0 aliphatic rings. The standard InChI is InChI=1S/C16H19N3O4/c1-11-5-6-14(22-2)13(8-11)17-10-15(20)19-16(21)18-9-12-4-3-7-23-12/h3-8,17H,9-10H2,1-2H3,(H2,18,19,20,21). The molecule has 0 fully saturated rings. The number of ether oxygens (including phenoxy) is 1. The second-order valence-electron chi connectivity index (χ2n) is 4.87. The normalized spacial score (nSPS) is 10.0. The van der Waals surface area contributed by atoms with Crippen LogP contribution in [0.5, 0.6) is 5.75 Å². The van der Waals surface area contributed by atoms with Gasteiger partial charge in [-0.2, -0.15) is 0 Å². The van der Waals surface area contributed by atoms with Crippen LogP contribution in [0.3, 0.4) is 0 Å². The number of hydrogen-bond acceptors (Lipinski definition) is 5. The number of aryl methyl sites for hydroxylation is 1. The third-order valence-electron chi connectivity index (χ3n) is 3.05. The molecule has 0 aliphatic heterocycles. The average Bonchev–Trinajstić information content (AvgIpc) is 3.04. The number of rotatable bonds is 6. The van der Waals surface area contributed by atoms with E-state index in [2.05, 4.69) is 16.0 Å². The Labute approximate surface area is 134 Å². The molecule has 0 unspecified atom stereocenters. The lowest BCUT2D eigenvalue weighted by molar-refractivity contribution is -0.118. The number of carbonyl (C=O) groups excluding carboxylic acids is 2. The van der Waals surface area contributed by atoms with Crippen molar-refractivity contribution in [2.75, 3.05) is 19.0 Å². The van der Waals surface area contributed by atoms with Gasteiger partial charge < -0.3 is 19.8 Å². The first-order valence-electron chi connectivity index (χ1n) is 7.07. The number of carbonyl (C=O) groups is 2. The summed E-state index contributed by atoms with van der Waals surface area (Å²) in [5, 5.41) is 7.70. The molecule has 1 heterocycles. The minimum absolute atomic E-state index is 0.0476. The zero-order chi connectivity index (χ0) is 16.7. The van der Waals surface area contributed by atoms with Crippen molar-refractivity contribution in [3.63, 3.8) is 0 Å². The molecule has 0 atom stereocenters. The Bertz CT molecular complexity index is 668. The summed E-state index contributed by atoms with van der Waals surface area (Å²) >= 11 is 0. The van der Waals surface area contributed by atoms with Crippen molar-refractivity contribution < 1.29 is 18.7 Å². The molecule has 0 saturated heterocycles. The minimum Gasteiger partial charge on any atom is -0.495 e. The smallest absolute Gasteiger partial charge is 0.321 e. The quantitative estimate of drug-likeness (QED) is 0.758.